The number of nitrogens with one attached hydrogen (secondary N) is 2. The van der Waals surface area contributed by atoms with Crippen molar-refractivity contribution in [2.75, 3.05) is 17.2 Å². The smallest absolute Gasteiger partial charge is 0.342 e. The Morgan fingerprint density at radius 2 is 1.88 bits per heavy atom. The predicted molar refractivity (Wildman–Crippen MR) is 93.0 cm³/mol. The number of hydrogen-bond acceptors (Lipinski definition) is 5. The normalized spacial score (nSPS) is 10.3. The van der Waals surface area contributed by atoms with Crippen molar-refractivity contribution in [3.63, 3.8) is 0 Å². The van der Waals surface area contributed by atoms with Crippen molar-refractivity contribution >= 4 is 23.4 Å². The SMILES string of the molecule is CC(C)OC(=O)c1cccnc1NCCC(=O)Nc1ccccc1. The van der Waals surface area contributed by atoms with Crippen LogP contribution in [0, 0.1) is 0 Å². The minimum absolute atomic E-state index is 0.115. The van der Waals surface area contributed by atoms with E-state index in [4.69, 9.17) is 4.74 Å². The number of anilines is 2. The van der Waals surface area contributed by atoms with Crippen LogP contribution < -0.4 is 10.6 Å². The van der Waals surface area contributed by atoms with Crippen molar-refractivity contribution in [2.45, 2.75) is 26.4 Å². The average molecular weight is 327 g/mol. The van der Waals surface area contributed by atoms with E-state index in [9.17, 15) is 9.59 Å². The fourth-order valence-electron chi connectivity index (χ4n) is 2.03. The number of pyridine rings is 1. The second kappa shape index (κ2) is 8.67. The monoisotopic (exact) mass is 327 g/mol. The minimum atomic E-state index is -0.436. The number of aromatic nitrogens is 1. The molecule has 2 aromatic rings. The molecule has 0 saturated carbocycles. The zero-order chi connectivity index (χ0) is 17.4. The standard InChI is InChI=1S/C18H21N3O3/c1-13(2)24-18(23)15-9-6-11-19-17(15)20-12-10-16(22)21-14-7-4-3-5-8-14/h3-9,11,13H,10,12H2,1-2H3,(H,19,20)(H,21,22). The highest BCUT2D eigenvalue weighted by Crippen LogP contribution is 2.14. The van der Waals surface area contributed by atoms with Gasteiger partial charge in [0.15, 0.2) is 0 Å². The summed E-state index contributed by atoms with van der Waals surface area (Å²) < 4.78 is 5.19. The van der Waals surface area contributed by atoms with Gasteiger partial charge in [-0.1, -0.05) is 18.2 Å². The quantitative estimate of drug-likeness (QED) is 0.764. The topological polar surface area (TPSA) is 80.3 Å². The molecule has 0 fully saturated rings. The van der Waals surface area contributed by atoms with Gasteiger partial charge in [0.25, 0.3) is 0 Å². The Kier molecular flexibility index (Phi) is 6.31. The van der Waals surface area contributed by atoms with E-state index in [0.717, 1.165) is 5.69 Å². The van der Waals surface area contributed by atoms with E-state index in [2.05, 4.69) is 15.6 Å². The van der Waals surface area contributed by atoms with Crippen LogP contribution in [0.3, 0.4) is 0 Å². The maximum atomic E-state index is 12.0. The Hall–Kier alpha value is -2.89. The average Bonchev–Trinajstić information content (AvgIpc) is 2.55. The van der Waals surface area contributed by atoms with Crippen LogP contribution in [0.5, 0.6) is 0 Å². The van der Waals surface area contributed by atoms with Gasteiger partial charge >= 0.3 is 5.97 Å². The Labute approximate surface area is 141 Å². The highest BCUT2D eigenvalue weighted by molar-refractivity contribution is 5.95. The first-order valence-corrected chi connectivity index (χ1v) is 7.81. The van der Waals surface area contributed by atoms with Crippen LogP contribution in [0.1, 0.15) is 30.6 Å². The number of amides is 1. The van der Waals surface area contributed by atoms with Crippen molar-refractivity contribution in [1.82, 2.24) is 4.98 Å². The molecule has 2 rings (SSSR count). The molecule has 1 amide bonds. The lowest BCUT2D eigenvalue weighted by Crippen LogP contribution is -2.19. The van der Waals surface area contributed by atoms with E-state index in [0.29, 0.717) is 17.9 Å². The van der Waals surface area contributed by atoms with E-state index in [1.54, 1.807) is 32.2 Å². The molecule has 126 valence electrons. The molecular weight excluding hydrogens is 306 g/mol. The van der Waals surface area contributed by atoms with Crippen molar-refractivity contribution in [3.05, 3.63) is 54.2 Å². The molecule has 0 bridgehead atoms. The molecule has 2 N–H and O–H groups in total. The van der Waals surface area contributed by atoms with Gasteiger partial charge in [-0.25, -0.2) is 9.78 Å². The van der Waals surface area contributed by atoms with Gasteiger partial charge in [0.1, 0.15) is 11.4 Å². The number of nitrogens with zero attached hydrogens (tertiary/aromatic N) is 1. The number of benzene rings is 1. The molecule has 1 aromatic carbocycles. The Bertz CT molecular complexity index is 687. The third-order valence-corrected chi connectivity index (χ3v) is 3.07. The summed E-state index contributed by atoms with van der Waals surface area (Å²) in [6.45, 7) is 3.93. The number of rotatable bonds is 7. The van der Waals surface area contributed by atoms with Gasteiger partial charge in [-0.15, -0.1) is 0 Å². The molecule has 6 heteroatoms. The molecule has 6 nitrogen and oxygen atoms in total. The molecule has 0 aliphatic heterocycles. The first kappa shape index (κ1) is 17.5. The number of para-hydroxylation sites is 1. The Morgan fingerprint density at radius 3 is 2.58 bits per heavy atom. The first-order chi connectivity index (χ1) is 11.6. The molecule has 0 aliphatic rings. The van der Waals surface area contributed by atoms with Crippen LogP contribution in [0.15, 0.2) is 48.7 Å². The van der Waals surface area contributed by atoms with Crippen LogP contribution in [-0.2, 0) is 9.53 Å². The maximum Gasteiger partial charge on any atom is 0.342 e. The number of esters is 1. The fraction of sp³-hybridized carbons (Fsp3) is 0.278. The van der Waals surface area contributed by atoms with Crippen LogP contribution in [0.4, 0.5) is 11.5 Å². The van der Waals surface area contributed by atoms with Gasteiger partial charge in [-0.2, -0.15) is 0 Å². The third-order valence-electron chi connectivity index (χ3n) is 3.07. The number of hydrogen-bond donors (Lipinski definition) is 2. The molecule has 0 atom stereocenters. The second-order valence-electron chi connectivity index (χ2n) is 5.44. The fourth-order valence-corrected chi connectivity index (χ4v) is 2.03. The van der Waals surface area contributed by atoms with Gasteiger partial charge in [0.05, 0.1) is 6.10 Å². The number of ether oxygens (including phenoxy) is 1. The summed E-state index contributed by atoms with van der Waals surface area (Å²) in [6.07, 6.45) is 1.63. The van der Waals surface area contributed by atoms with Crippen LogP contribution >= 0.6 is 0 Å². The lowest BCUT2D eigenvalue weighted by molar-refractivity contribution is -0.115. The molecule has 1 heterocycles. The maximum absolute atomic E-state index is 12.0. The first-order valence-electron chi connectivity index (χ1n) is 7.81. The zero-order valence-electron chi connectivity index (χ0n) is 13.8. The van der Waals surface area contributed by atoms with Gasteiger partial charge in [-0.3, -0.25) is 4.79 Å². The second-order valence-corrected chi connectivity index (χ2v) is 5.44. The number of carbonyl (C=O) groups excluding carboxylic acids is 2. The molecule has 0 unspecified atom stereocenters. The minimum Gasteiger partial charge on any atom is -0.459 e. The van der Waals surface area contributed by atoms with Crippen molar-refractivity contribution < 1.29 is 14.3 Å². The van der Waals surface area contributed by atoms with Gasteiger partial charge < -0.3 is 15.4 Å². The van der Waals surface area contributed by atoms with Gasteiger partial charge in [-0.05, 0) is 38.1 Å². The van der Waals surface area contributed by atoms with Gasteiger partial charge in [0.2, 0.25) is 5.91 Å². The molecule has 0 aliphatic carbocycles. The lowest BCUT2D eigenvalue weighted by atomic mass is 10.2. The third kappa shape index (κ3) is 5.39. The lowest BCUT2D eigenvalue weighted by Gasteiger charge is -2.12. The highest BCUT2D eigenvalue weighted by atomic mass is 16.5. The predicted octanol–water partition coefficient (Wildman–Crippen LogP) is 3.09. The summed E-state index contributed by atoms with van der Waals surface area (Å²) in [4.78, 5) is 28.1. The van der Waals surface area contributed by atoms with E-state index in [1.165, 1.54) is 0 Å². The molecule has 24 heavy (non-hydrogen) atoms. The van der Waals surface area contributed by atoms with Gasteiger partial charge in [0, 0.05) is 24.8 Å². The Balaban J connectivity index is 1.88. The van der Waals surface area contributed by atoms with Crippen molar-refractivity contribution in [1.29, 1.82) is 0 Å². The van der Waals surface area contributed by atoms with Crippen LogP contribution in [0.25, 0.3) is 0 Å². The summed E-state index contributed by atoms with van der Waals surface area (Å²) in [5.41, 5.74) is 1.11. The molecule has 0 saturated heterocycles. The van der Waals surface area contributed by atoms with Crippen LogP contribution in [0.2, 0.25) is 0 Å². The summed E-state index contributed by atoms with van der Waals surface area (Å²) in [5.74, 6) is -0.138. The summed E-state index contributed by atoms with van der Waals surface area (Å²) in [7, 11) is 0. The van der Waals surface area contributed by atoms with E-state index in [-0.39, 0.29) is 18.4 Å². The van der Waals surface area contributed by atoms with E-state index < -0.39 is 5.97 Å². The largest absolute Gasteiger partial charge is 0.459 e. The zero-order valence-corrected chi connectivity index (χ0v) is 13.8. The van der Waals surface area contributed by atoms with Crippen molar-refractivity contribution in [3.8, 4) is 0 Å². The highest BCUT2D eigenvalue weighted by Gasteiger charge is 2.15. The number of carbonyl (C=O) groups is 2. The molecule has 1 aromatic heterocycles. The molecular formula is C18H21N3O3. The summed E-state index contributed by atoms with van der Waals surface area (Å²) in [6, 6.07) is 12.6. The van der Waals surface area contributed by atoms with E-state index >= 15 is 0 Å². The van der Waals surface area contributed by atoms with Crippen molar-refractivity contribution in [2.24, 2.45) is 0 Å². The Morgan fingerprint density at radius 1 is 1.12 bits per heavy atom. The molecule has 0 radical (unpaired) electrons. The summed E-state index contributed by atoms with van der Waals surface area (Å²) in [5, 5.41) is 5.81. The summed E-state index contributed by atoms with van der Waals surface area (Å²) >= 11 is 0. The van der Waals surface area contributed by atoms with Crippen LogP contribution in [-0.4, -0.2) is 29.5 Å². The molecule has 0 spiro atoms. The van der Waals surface area contributed by atoms with E-state index in [1.807, 2.05) is 30.3 Å².